The molecule has 0 spiro atoms. The Kier molecular flexibility index (Phi) is 5.67. The molecule has 0 bridgehead atoms. The highest BCUT2D eigenvalue weighted by molar-refractivity contribution is 5.88. The van der Waals surface area contributed by atoms with Crippen LogP contribution in [0.3, 0.4) is 0 Å². The Hall–Kier alpha value is -1.30. The monoisotopic (exact) mass is 296 g/mol. The van der Waals surface area contributed by atoms with E-state index in [9.17, 15) is 0 Å². The van der Waals surface area contributed by atoms with E-state index in [0.29, 0.717) is 17.8 Å². The van der Waals surface area contributed by atoms with E-state index < -0.39 is 0 Å². The first-order valence-corrected chi connectivity index (χ1v) is 8.90. The molecule has 0 N–H and O–H groups in total. The summed E-state index contributed by atoms with van der Waals surface area (Å²) in [4.78, 5) is 0. The van der Waals surface area contributed by atoms with Crippen molar-refractivity contribution in [1.82, 2.24) is 0 Å². The first-order valence-electron chi connectivity index (χ1n) is 8.90. The van der Waals surface area contributed by atoms with Crippen LogP contribution in [0, 0.1) is 17.8 Å². The molecule has 0 heteroatoms. The summed E-state index contributed by atoms with van der Waals surface area (Å²) in [5, 5.41) is 2.89. The molecule has 0 fully saturated rings. The van der Waals surface area contributed by atoms with E-state index in [1.165, 1.54) is 30.0 Å². The van der Waals surface area contributed by atoms with Gasteiger partial charge >= 0.3 is 0 Å². The first-order chi connectivity index (χ1) is 10.4. The van der Waals surface area contributed by atoms with Crippen molar-refractivity contribution in [2.24, 2.45) is 17.8 Å². The molecule has 0 unspecified atom stereocenters. The molecular formula is C22H32. The largest absolute Gasteiger partial charge is 0.0625 e. The van der Waals surface area contributed by atoms with Gasteiger partial charge in [-0.1, -0.05) is 71.9 Å². The van der Waals surface area contributed by atoms with Gasteiger partial charge in [-0.15, -0.1) is 0 Å². The molecule has 0 aliphatic carbocycles. The van der Waals surface area contributed by atoms with Crippen molar-refractivity contribution in [3.05, 3.63) is 47.0 Å². The highest BCUT2D eigenvalue weighted by Crippen LogP contribution is 2.31. The third-order valence-corrected chi connectivity index (χ3v) is 4.22. The summed E-state index contributed by atoms with van der Waals surface area (Å²) in [6.07, 6.45) is 3.58. The van der Waals surface area contributed by atoms with E-state index in [0.717, 1.165) is 0 Å². The summed E-state index contributed by atoms with van der Waals surface area (Å²) in [6, 6.07) is 11.4. The molecule has 0 radical (unpaired) electrons. The average Bonchev–Trinajstić information content (AvgIpc) is 2.41. The number of hydrogen-bond donors (Lipinski definition) is 0. The molecule has 2 aromatic carbocycles. The Bertz CT molecular complexity index is 617. The minimum absolute atomic E-state index is 0.698. The lowest BCUT2D eigenvalue weighted by Gasteiger charge is -2.22. The van der Waals surface area contributed by atoms with Crippen molar-refractivity contribution < 1.29 is 0 Å². The second-order valence-electron chi connectivity index (χ2n) is 8.01. The third kappa shape index (κ3) is 4.12. The van der Waals surface area contributed by atoms with Gasteiger partial charge < -0.3 is 0 Å². The van der Waals surface area contributed by atoms with Gasteiger partial charge in [-0.2, -0.15) is 0 Å². The minimum Gasteiger partial charge on any atom is -0.0625 e. The van der Waals surface area contributed by atoms with Gasteiger partial charge in [0.1, 0.15) is 0 Å². The third-order valence-electron chi connectivity index (χ3n) is 4.22. The van der Waals surface area contributed by atoms with Crippen molar-refractivity contribution in [2.75, 3.05) is 0 Å². The smallest absolute Gasteiger partial charge is 0.0149 e. The minimum atomic E-state index is 0.698. The van der Waals surface area contributed by atoms with Crippen LogP contribution in [0.2, 0.25) is 0 Å². The Balaban J connectivity index is 2.68. The summed E-state index contributed by atoms with van der Waals surface area (Å²) < 4.78 is 0. The molecule has 0 aromatic heterocycles. The zero-order chi connectivity index (χ0) is 16.3. The lowest BCUT2D eigenvalue weighted by atomic mass is 9.83. The van der Waals surface area contributed by atoms with Crippen molar-refractivity contribution in [2.45, 2.75) is 60.8 Å². The van der Waals surface area contributed by atoms with E-state index in [2.05, 4.69) is 71.9 Å². The van der Waals surface area contributed by atoms with Crippen LogP contribution in [0.25, 0.3) is 10.8 Å². The lowest BCUT2D eigenvalue weighted by molar-refractivity contribution is 0.599. The van der Waals surface area contributed by atoms with E-state index >= 15 is 0 Å². The molecule has 0 nitrogen and oxygen atoms in total. The predicted molar refractivity (Wildman–Crippen MR) is 99.6 cm³/mol. The van der Waals surface area contributed by atoms with Crippen LogP contribution in [-0.4, -0.2) is 0 Å². The van der Waals surface area contributed by atoms with Crippen molar-refractivity contribution in [3.63, 3.8) is 0 Å². The van der Waals surface area contributed by atoms with Crippen LogP contribution < -0.4 is 0 Å². The fraction of sp³-hybridized carbons (Fsp3) is 0.545. The molecule has 22 heavy (non-hydrogen) atoms. The molecule has 0 heterocycles. The zero-order valence-corrected chi connectivity index (χ0v) is 15.2. The van der Waals surface area contributed by atoms with E-state index in [4.69, 9.17) is 0 Å². The van der Waals surface area contributed by atoms with E-state index in [-0.39, 0.29) is 0 Å². The van der Waals surface area contributed by atoms with Crippen LogP contribution in [0.15, 0.2) is 30.3 Å². The molecule has 0 atom stereocenters. The van der Waals surface area contributed by atoms with Crippen molar-refractivity contribution >= 4 is 10.8 Å². The molecule has 2 rings (SSSR count). The SMILES string of the molecule is CC(C)Cc1cc2ccccc2c(CC(C)C)c1CC(C)C. The molecule has 0 aliphatic heterocycles. The number of hydrogen-bond acceptors (Lipinski definition) is 0. The van der Waals surface area contributed by atoms with Crippen molar-refractivity contribution in [1.29, 1.82) is 0 Å². The molecule has 120 valence electrons. The summed E-state index contributed by atoms with van der Waals surface area (Å²) in [5.74, 6) is 2.11. The van der Waals surface area contributed by atoms with Crippen LogP contribution in [0.5, 0.6) is 0 Å². The highest BCUT2D eigenvalue weighted by atomic mass is 14.2. The quantitative estimate of drug-likeness (QED) is 0.575. The van der Waals surface area contributed by atoms with Crippen molar-refractivity contribution in [3.8, 4) is 0 Å². The van der Waals surface area contributed by atoms with Crippen LogP contribution in [0.1, 0.15) is 58.2 Å². The summed E-state index contributed by atoms with van der Waals surface area (Å²) in [7, 11) is 0. The van der Waals surface area contributed by atoms with Gasteiger partial charge in [0, 0.05) is 0 Å². The molecule has 0 saturated heterocycles. The Morgan fingerprint density at radius 2 is 1.23 bits per heavy atom. The van der Waals surface area contributed by atoms with E-state index in [1.54, 1.807) is 16.7 Å². The normalized spacial score (nSPS) is 12.0. The standard InChI is InChI=1S/C22H32/c1-15(2)11-19-14-18-9-7-8-10-20(18)22(13-17(5)6)21(19)12-16(3)4/h7-10,14-17H,11-13H2,1-6H3. The maximum atomic E-state index is 2.46. The second kappa shape index (κ2) is 7.31. The summed E-state index contributed by atoms with van der Waals surface area (Å²) in [6.45, 7) is 14.0. The van der Waals surface area contributed by atoms with E-state index in [1.807, 2.05) is 0 Å². The molecular weight excluding hydrogens is 264 g/mol. The fourth-order valence-corrected chi connectivity index (χ4v) is 3.45. The van der Waals surface area contributed by atoms with Crippen LogP contribution in [-0.2, 0) is 19.3 Å². The maximum Gasteiger partial charge on any atom is -0.0149 e. The Morgan fingerprint density at radius 3 is 1.82 bits per heavy atom. The topological polar surface area (TPSA) is 0 Å². The van der Waals surface area contributed by atoms with Gasteiger partial charge in [-0.05, 0) is 64.5 Å². The molecule has 0 aliphatic rings. The summed E-state index contributed by atoms with van der Waals surface area (Å²) >= 11 is 0. The van der Waals surface area contributed by atoms with Gasteiger partial charge in [-0.3, -0.25) is 0 Å². The lowest BCUT2D eigenvalue weighted by Crippen LogP contribution is -2.09. The number of fused-ring (bicyclic) bond motifs is 1. The number of rotatable bonds is 6. The van der Waals surface area contributed by atoms with Gasteiger partial charge in [0.25, 0.3) is 0 Å². The predicted octanol–water partition coefficient (Wildman–Crippen LogP) is 6.44. The van der Waals surface area contributed by atoms with Gasteiger partial charge in [0.15, 0.2) is 0 Å². The van der Waals surface area contributed by atoms with Gasteiger partial charge in [0.2, 0.25) is 0 Å². The Labute approximate surface area is 136 Å². The van der Waals surface area contributed by atoms with Crippen LogP contribution >= 0.6 is 0 Å². The zero-order valence-electron chi connectivity index (χ0n) is 15.2. The average molecular weight is 296 g/mol. The molecule has 0 amide bonds. The highest BCUT2D eigenvalue weighted by Gasteiger charge is 2.16. The Morgan fingerprint density at radius 1 is 0.682 bits per heavy atom. The van der Waals surface area contributed by atoms with Crippen LogP contribution in [0.4, 0.5) is 0 Å². The summed E-state index contributed by atoms with van der Waals surface area (Å²) in [5.41, 5.74) is 4.83. The first kappa shape index (κ1) is 17.1. The van der Waals surface area contributed by atoms with Gasteiger partial charge in [-0.25, -0.2) is 0 Å². The number of benzene rings is 2. The second-order valence-corrected chi connectivity index (χ2v) is 8.01. The fourth-order valence-electron chi connectivity index (χ4n) is 3.45. The molecule has 0 saturated carbocycles. The maximum absolute atomic E-state index is 2.46. The van der Waals surface area contributed by atoms with Gasteiger partial charge in [0.05, 0.1) is 0 Å². The molecule has 2 aromatic rings.